The number of ether oxygens (including phenoxy) is 2. The lowest BCUT2D eigenvalue weighted by Crippen LogP contribution is -2.45. The van der Waals surface area contributed by atoms with E-state index in [1.54, 1.807) is 13.0 Å². The zero-order valence-corrected chi connectivity index (χ0v) is 14.0. The summed E-state index contributed by atoms with van der Waals surface area (Å²) in [5.41, 5.74) is 0.980. The molecule has 23 heavy (non-hydrogen) atoms. The molecular formula is C15H18N2O5S. The van der Waals surface area contributed by atoms with E-state index in [-0.39, 0.29) is 31.0 Å². The van der Waals surface area contributed by atoms with Gasteiger partial charge in [-0.05, 0) is 26.8 Å². The lowest BCUT2D eigenvalue weighted by atomic mass is 10.1. The van der Waals surface area contributed by atoms with E-state index in [1.165, 1.54) is 11.3 Å². The molecule has 2 rings (SSSR count). The number of carbonyl (C=O) groups is 3. The third-order valence-electron chi connectivity index (χ3n) is 3.18. The molecule has 1 aliphatic rings. The Kier molecular flexibility index (Phi) is 5.38. The average molecular weight is 338 g/mol. The first-order valence-electron chi connectivity index (χ1n) is 7.10. The summed E-state index contributed by atoms with van der Waals surface area (Å²) in [6, 6.07) is 1.30. The Morgan fingerprint density at radius 1 is 1.26 bits per heavy atom. The molecule has 124 valence electrons. The van der Waals surface area contributed by atoms with E-state index in [2.05, 4.69) is 10.6 Å². The lowest BCUT2D eigenvalue weighted by molar-refractivity contribution is -0.138. The van der Waals surface area contributed by atoms with Crippen LogP contribution < -0.4 is 10.6 Å². The highest BCUT2D eigenvalue weighted by molar-refractivity contribution is 7.12. The van der Waals surface area contributed by atoms with Crippen molar-refractivity contribution in [3.63, 3.8) is 0 Å². The molecule has 0 bridgehead atoms. The molecule has 0 aromatic carbocycles. The molecule has 1 aromatic heterocycles. The second kappa shape index (κ2) is 7.28. The van der Waals surface area contributed by atoms with Crippen LogP contribution in [0, 0.1) is 13.8 Å². The maximum Gasteiger partial charge on any atom is 0.339 e. The predicted octanol–water partition coefficient (Wildman–Crippen LogP) is 1.65. The molecule has 0 saturated carbocycles. The monoisotopic (exact) mass is 338 g/mol. The Morgan fingerprint density at radius 2 is 2.00 bits per heavy atom. The minimum atomic E-state index is -0.548. The SMILES string of the molecule is CCOC(=O)C1=C(COC(=O)c2cc(C)sc2C)NC(=O)NC1. The maximum absolute atomic E-state index is 12.1. The molecule has 0 aliphatic carbocycles. The topological polar surface area (TPSA) is 93.7 Å². The Labute approximate surface area is 137 Å². The fourth-order valence-corrected chi connectivity index (χ4v) is 3.03. The smallest absolute Gasteiger partial charge is 0.339 e. The molecule has 0 unspecified atom stereocenters. The van der Waals surface area contributed by atoms with E-state index < -0.39 is 18.0 Å². The Balaban J connectivity index is 2.11. The highest BCUT2D eigenvalue weighted by atomic mass is 32.1. The van der Waals surface area contributed by atoms with Gasteiger partial charge in [0.2, 0.25) is 0 Å². The Morgan fingerprint density at radius 3 is 2.61 bits per heavy atom. The second-order valence-corrected chi connectivity index (χ2v) is 6.35. The van der Waals surface area contributed by atoms with Crippen LogP contribution in [0.4, 0.5) is 4.79 Å². The number of thiophene rings is 1. The van der Waals surface area contributed by atoms with Crippen LogP contribution >= 0.6 is 11.3 Å². The van der Waals surface area contributed by atoms with Gasteiger partial charge < -0.3 is 20.1 Å². The van der Waals surface area contributed by atoms with Crippen LogP contribution in [-0.2, 0) is 14.3 Å². The summed E-state index contributed by atoms with van der Waals surface area (Å²) >= 11 is 1.50. The quantitative estimate of drug-likeness (QED) is 0.796. The highest BCUT2D eigenvalue weighted by Crippen LogP contribution is 2.21. The van der Waals surface area contributed by atoms with Gasteiger partial charge in [-0.15, -0.1) is 11.3 Å². The standard InChI is InChI=1S/C15H18N2O5S/c1-4-21-14(19)11-6-16-15(20)17-12(11)7-22-13(18)10-5-8(2)23-9(10)3/h5H,4,6-7H2,1-3H3,(H2,16,17,20). The van der Waals surface area contributed by atoms with Crippen LogP contribution in [0.5, 0.6) is 0 Å². The molecule has 7 nitrogen and oxygen atoms in total. The molecule has 0 saturated heterocycles. The van der Waals surface area contributed by atoms with Gasteiger partial charge in [0, 0.05) is 9.75 Å². The van der Waals surface area contributed by atoms with E-state index in [4.69, 9.17) is 9.47 Å². The number of hydrogen-bond acceptors (Lipinski definition) is 6. The lowest BCUT2D eigenvalue weighted by Gasteiger charge is -2.21. The van der Waals surface area contributed by atoms with Crippen molar-refractivity contribution in [3.8, 4) is 0 Å². The van der Waals surface area contributed by atoms with E-state index in [0.29, 0.717) is 5.56 Å². The average Bonchev–Trinajstić information content (AvgIpc) is 2.84. The minimum absolute atomic E-state index is 0.0359. The summed E-state index contributed by atoms with van der Waals surface area (Å²) in [6.07, 6.45) is 0. The minimum Gasteiger partial charge on any atom is -0.463 e. The first-order chi connectivity index (χ1) is 10.9. The maximum atomic E-state index is 12.1. The third kappa shape index (κ3) is 4.10. The van der Waals surface area contributed by atoms with Crippen LogP contribution in [-0.4, -0.2) is 37.7 Å². The van der Waals surface area contributed by atoms with Crippen LogP contribution in [0.25, 0.3) is 0 Å². The fourth-order valence-electron chi connectivity index (χ4n) is 2.12. The van der Waals surface area contributed by atoms with Crippen molar-refractivity contribution < 1.29 is 23.9 Å². The molecule has 2 heterocycles. The van der Waals surface area contributed by atoms with Crippen molar-refractivity contribution in [2.45, 2.75) is 20.8 Å². The fraction of sp³-hybridized carbons (Fsp3) is 0.400. The van der Waals surface area contributed by atoms with Gasteiger partial charge in [0.25, 0.3) is 0 Å². The van der Waals surface area contributed by atoms with Crippen molar-refractivity contribution in [3.05, 3.63) is 32.7 Å². The van der Waals surface area contributed by atoms with Crippen molar-refractivity contribution in [2.24, 2.45) is 0 Å². The van der Waals surface area contributed by atoms with Crippen LogP contribution in [0.3, 0.4) is 0 Å². The summed E-state index contributed by atoms with van der Waals surface area (Å²) in [4.78, 5) is 37.3. The van der Waals surface area contributed by atoms with Gasteiger partial charge in [-0.25, -0.2) is 14.4 Å². The number of amides is 2. The van der Waals surface area contributed by atoms with Crippen LogP contribution in [0.1, 0.15) is 27.0 Å². The number of rotatable bonds is 5. The summed E-state index contributed by atoms with van der Waals surface area (Å²) in [7, 11) is 0. The van der Waals surface area contributed by atoms with Gasteiger partial charge in [0.15, 0.2) is 0 Å². The zero-order valence-electron chi connectivity index (χ0n) is 13.1. The summed E-state index contributed by atoms with van der Waals surface area (Å²) < 4.78 is 10.2. The van der Waals surface area contributed by atoms with Gasteiger partial charge >= 0.3 is 18.0 Å². The van der Waals surface area contributed by atoms with Gasteiger partial charge in [0.1, 0.15) is 6.61 Å². The number of esters is 2. The van der Waals surface area contributed by atoms with Crippen molar-refractivity contribution in [2.75, 3.05) is 19.8 Å². The molecule has 1 aromatic rings. The summed E-state index contributed by atoms with van der Waals surface area (Å²) in [5.74, 6) is -1.04. The van der Waals surface area contributed by atoms with E-state index in [9.17, 15) is 14.4 Å². The molecule has 2 amide bonds. The zero-order chi connectivity index (χ0) is 17.0. The molecule has 0 spiro atoms. The molecule has 2 N–H and O–H groups in total. The van der Waals surface area contributed by atoms with E-state index >= 15 is 0 Å². The first-order valence-corrected chi connectivity index (χ1v) is 7.92. The molecular weight excluding hydrogens is 320 g/mol. The van der Waals surface area contributed by atoms with Gasteiger partial charge in [0.05, 0.1) is 30.0 Å². The normalized spacial score (nSPS) is 14.1. The molecule has 1 aliphatic heterocycles. The Bertz CT molecular complexity index is 677. The Hall–Kier alpha value is -2.35. The van der Waals surface area contributed by atoms with E-state index in [1.807, 2.05) is 13.8 Å². The second-order valence-electron chi connectivity index (χ2n) is 4.89. The summed E-state index contributed by atoms with van der Waals surface area (Å²) in [6.45, 7) is 5.49. The van der Waals surface area contributed by atoms with Crippen molar-refractivity contribution >= 4 is 29.3 Å². The van der Waals surface area contributed by atoms with Gasteiger partial charge in [-0.1, -0.05) is 0 Å². The molecule has 8 heteroatoms. The largest absolute Gasteiger partial charge is 0.463 e. The predicted molar refractivity (Wildman–Crippen MR) is 84.3 cm³/mol. The van der Waals surface area contributed by atoms with Crippen molar-refractivity contribution in [1.29, 1.82) is 0 Å². The van der Waals surface area contributed by atoms with Crippen LogP contribution in [0.2, 0.25) is 0 Å². The van der Waals surface area contributed by atoms with Crippen molar-refractivity contribution in [1.82, 2.24) is 10.6 Å². The van der Waals surface area contributed by atoms with Gasteiger partial charge in [-0.2, -0.15) is 0 Å². The number of hydrogen-bond donors (Lipinski definition) is 2. The molecule has 0 atom stereocenters. The number of aryl methyl sites for hydroxylation is 2. The molecule has 0 fully saturated rings. The summed E-state index contributed by atoms with van der Waals surface area (Å²) in [5, 5.41) is 4.97. The van der Waals surface area contributed by atoms with E-state index in [0.717, 1.165) is 9.75 Å². The number of nitrogens with one attached hydrogen (secondary N) is 2. The number of urea groups is 1. The van der Waals surface area contributed by atoms with Crippen LogP contribution in [0.15, 0.2) is 17.3 Å². The highest BCUT2D eigenvalue weighted by Gasteiger charge is 2.25. The number of carbonyl (C=O) groups excluding carboxylic acids is 3. The van der Waals surface area contributed by atoms with Gasteiger partial charge in [-0.3, -0.25) is 0 Å². The molecule has 0 radical (unpaired) electrons. The third-order valence-corrected chi connectivity index (χ3v) is 4.15. The first kappa shape index (κ1) is 17.0.